The van der Waals surface area contributed by atoms with Crippen LogP contribution in [0.1, 0.15) is 30.4 Å². The van der Waals surface area contributed by atoms with Gasteiger partial charge in [-0.05, 0) is 36.0 Å². The number of carbonyl (C=O) groups excluding carboxylic acids is 1. The quantitative estimate of drug-likeness (QED) is 0.802. The van der Waals surface area contributed by atoms with Gasteiger partial charge in [0, 0.05) is 12.8 Å². The van der Waals surface area contributed by atoms with Crippen molar-refractivity contribution >= 4 is 5.78 Å². The molecule has 2 aromatic carbocycles. The summed E-state index contributed by atoms with van der Waals surface area (Å²) in [5.41, 5.74) is 4.92. The summed E-state index contributed by atoms with van der Waals surface area (Å²) in [4.78, 5) is 12.3. The maximum atomic E-state index is 12.3. The van der Waals surface area contributed by atoms with E-state index in [0.29, 0.717) is 12.2 Å². The van der Waals surface area contributed by atoms with Crippen molar-refractivity contribution in [3.8, 4) is 0 Å². The fourth-order valence-corrected chi connectivity index (χ4v) is 3.02. The molecule has 0 spiro atoms. The van der Waals surface area contributed by atoms with Crippen LogP contribution < -0.4 is 0 Å². The zero-order valence-corrected chi connectivity index (χ0v) is 12.2. The molecule has 0 bridgehead atoms. The van der Waals surface area contributed by atoms with Gasteiger partial charge >= 0.3 is 0 Å². The Morgan fingerprint density at radius 2 is 1.29 bits per heavy atom. The summed E-state index contributed by atoms with van der Waals surface area (Å²) in [6, 6.07) is 20.8. The van der Waals surface area contributed by atoms with Gasteiger partial charge in [0.05, 0.1) is 0 Å². The van der Waals surface area contributed by atoms with Gasteiger partial charge in [-0.15, -0.1) is 0 Å². The minimum Gasteiger partial charge on any atom is -0.295 e. The third-order valence-electron chi connectivity index (χ3n) is 4.13. The van der Waals surface area contributed by atoms with E-state index in [9.17, 15) is 4.79 Å². The van der Waals surface area contributed by atoms with Crippen LogP contribution in [0.2, 0.25) is 0 Å². The highest BCUT2D eigenvalue weighted by molar-refractivity contribution is 5.97. The highest BCUT2D eigenvalue weighted by Crippen LogP contribution is 2.27. The highest BCUT2D eigenvalue weighted by Gasteiger charge is 2.20. The molecule has 0 fully saturated rings. The molecule has 0 saturated carbocycles. The molecule has 0 N–H and O–H groups in total. The Bertz CT molecular complexity index is 638. The van der Waals surface area contributed by atoms with Crippen LogP contribution >= 0.6 is 0 Å². The molecule has 2 aromatic rings. The predicted octanol–water partition coefficient (Wildman–Crippen LogP) is 4.52. The van der Waals surface area contributed by atoms with E-state index >= 15 is 0 Å². The minimum atomic E-state index is 0.344. The van der Waals surface area contributed by atoms with Crippen molar-refractivity contribution in [2.45, 2.75) is 32.1 Å². The highest BCUT2D eigenvalue weighted by atomic mass is 16.1. The topological polar surface area (TPSA) is 17.1 Å². The molecule has 0 atom stereocenters. The Kier molecular flexibility index (Phi) is 4.30. The van der Waals surface area contributed by atoms with Gasteiger partial charge in [0.25, 0.3) is 0 Å². The Hall–Kier alpha value is -2.15. The molecule has 0 saturated heterocycles. The zero-order chi connectivity index (χ0) is 14.5. The molecule has 0 unspecified atom stereocenters. The predicted molar refractivity (Wildman–Crippen MR) is 86.2 cm³/mol. The summed E-state index contributed by atoms with van der Waals surface area (Å²) in [7, 11) is 0. The molecule has 1 nitrogen and oxygen atoms in total. The lowest BCUT2D eigenvalue weighted by Gasteiger charge is -2.20. The SMILES string of the molecule is O=C1CCCC(Cc2ccccc2)=C1Cc1ccccc1. The van der Waals surface area contributed by atoms with Gasteiger partial charge in [0.1, 0.15) is 0 Å². The van der Waals surface area contributed by atoms with Crippen LogP contribution in [0.25, 0.3) is 0 Å². The average molecular weight is 276 g/mol. The first kappa shape index (κ1) is 13.8. The second-order valence-electron chi connectivity index (χ2n) is 5.68. The van der Waals surface area contributed by atoms with E-state index in [4.69, 9.17) is 0 Å². The third-order valence-corrected chi connectivity index (χ3v) is 4.13. The number of ketones is 1. The molecule has 1 aliphatic rings. The second-order valence-corrected chi connectivity index (χ2v) is 5.68. The first-order valence-electron chi connectivity index (χ1n) is 7.65. The van der Waals surface area contributed by atoms with E-state index in [-0.39, 0.29) is 0 Å². The van der Waals surface area contributed by atoms with Crippen LogP contribution in [0, 0.1) is 0 Å². The zero-order valence-electron chi connectivity index (χ0n) is 12.2. The van der Waals surface area contributed by atoms with Crippen LogP contribution in [-0.4, -0.2) is 5.78 Å². The van der Waals surface area contributed by atoms with Crippen LogP contribution in [-0.2, 0) is 17.6 Å². The number of carbonyl (C=O) groups is 1. The Balaban J connectivity index is 1.88. The van der Waals surface area contributed by atoms with Crippen molar-refractivity contribution in [1.29, 1.82) is 0 Å². The van der Waals surface area contributed by atoms with E-state index in [0.717, 1.165) is 31.3 Å². The van der Waals surface area contributed by atoms with E-state index in [2.05, 4.69) is 36.4 Å². The molecule has 0 radical (unpaired) electrons. The first-order valence-corrected chi connectivity index (χ1v) is 7.65. The van der Waals surface area contributed by atoms with Crippen molar-refractivity contribution in [3.63, 3.8) is 0 Å². The maximum absolute atomic E-state index is 12.3. The molecule has 0 aromatic heterocycles. The van der Waals surface area contributed by atoms with Gasteiger partial charge in [0.15, 0.2) is 5.78 Å². The Morgan fingerprint density at radius 3 is 1.90 bits per heavy atom. The number of rotatable bonds is 4. The van der Waals surface area contributed by atoms with E-state index < -0.39 is 0 Å². The number of hydrogen-bond acceptors (Lipinski definition) is 1. The number of hydrogen-bond donors (Lipinski definition) is 0. The van der Waals surface area contributed by atoms with Crippen molar-refractivity contribution < 1.29 is 4.79 Å². The normalized spacial score (nSPS) is 15.3. The van der Waals surface area contributed by atoms with Gasteiger partial charge in [0.2, 0.25) is 0 Å². The summed E-state index contributed by atoms with van der Waals surface area (Å²) in [5.74, 6) is 0.344. The van der Waals surface area contributed by atoms with Crippen LogP contribution in [0.4, 0.5) is 0 Å². The molecule has 1 aliphatic carbocycles. The lowest BCUT2D eigenvalue weighted by atomic mass is 9.84. The van der Waals surface area contributed by atoms with Crippen molar-refractivity contribution in [2.24, 2.45) is 0 Å². The van der Waals surface area contributed by atoms with Crippen molar-refractivity contribution in [2.75, 3.05) is 0 Å². The number of Topliss-reactive ketones (excluding diaryl/α,β-unsaturated/α-hetero) is 1. The molecule has 0 aliphatic heterocycles. The van der Waals surface area contributed by atoms with Gasteiger partial charge in [-0.25, -0.2) is 0 Å². The smallest absolute Gasteiger partial charge is 0.159 e. The van der Waals surface area contributed by atoms with Crippen molar-refractivity contribution in [1.82, 2.24) is 0 Å². The molecular formula is C20H20O. The molecule has 21 heavy (non-hydrogen) atoms. The standard InChI is InChI=1S/C20H20O/c21-20-13-7-12-18(14-16-8-3-1-4-9-16)19(20)15-17-10-5-2-6-11-17/h1-6,8-11H,7,12-15H2. The van der Waals surface area contributed by atoms with Crippen molar-refractivity contribution in [3.05, 3.63) is 82.9 Å². The van der Waals surface area contributed by atoms with E-state index in [1.165, 1.54) is 16.7 Å². The minimum absolute atomic E-state index is 0.344. The van der Waals surface area contributed by atoms with Crippen LogP contribution in [0.15, 0.2) is 71.8 Å². The largest absolute Gasteiger partial charge is 0.295 e. The second kappa shape index (κ2) is 6.53. The van der Waals surface area contributed by atoms with E-state index in [1.807, 2.05) is 24.3 Å². The van der Waals surface area contributed by atoms with Gasteiger partial charge < -0.3 is 0 Å². The summed E-state index contributed by atoms with van der Waals surface area (Å²) >= 11 is 0. The number of allylic oxidation sites excluding steroid dienone is 2. The summed E-state index contributed by atoms with van der Waals surface area (Å²) < 4.78 is 0. The lowest BCUT2D eigenvalue weighted by Crippen LogP contribution is -2.15. The lowest BCUT2D eigenvalue weighted by molar-refractivity contribution is -0.116. The Labute approximate surface area is 126 Å². The summed E-state index contributed by atoms with van der Waals surface area (Å²) in [5, 5.41) is 0. The first-order chi connectivity index (χ1) is 10.3. The number of benzene rings is 2. The summed E-state index contributed by atoms with van der Waals surface area (Å²) in [6.07, 6.45) is 4.46. The van der Waals surface area contributed by atoms with Gasteiger partial charge in [-0.1, -0.05) is 66.2 Å². The molecule has 0 heterocycles. The molecular weight excluding hydrogens is 256 g/mol. The van der Waals surface area contributed by atoms with Crippen LogP contribution in [0.3, 0.4) is 0 Å². The monoisotopic (exact) mass is 276 g/mol. The average Bonchev–Trinajstić information content (AvgIpc) is 2.53. The molecule has 0 amide bonds. The molecule has 1 heteroatoms. The molecule has 106 valence electrons. The maximum Gasteiger partial charge on any atom is 0.159 e. The fourth-order valence-electron chi connectivity index (χ4n) is 3.02. The van der Waals surface area contributed by atoms with E-state index in [1.54, 1.807) is 0 Å². The van der Waals surface area contributed by atoms with Gasteiger partial charge in [-0.3, -0.25) is 4.79 Å². The molecule has 3 rings (SSSR count). The van der Waals surface area contributed by atoms with Crippen LogP contribution in [0.5, 0.6) is 0 Å². The summed E-state index contributed by atoms with van der Waals surface area (Å²) in [6.45, 7) is 0. The Morgan fingerprint density at radius 1 is 0.714 bits per heavy atom. The van der Waals surface area contributed by atoms with Gasteiger partial charge in [-0.2, -0.15) is 0 Å². The fraction of sp³-hybridized carbons (Fsp3) is 0.250. The third kappa shape index (κ3) is 3.49.